The summed E-state index contributed by atoms with van der Waals surface area (Å²) in [7, 11) is 0. The molecule has 3 rings (SSSR count). The minimum atomic E-state index is -0.946. The molecule has 27 heavy (non-hydrogen) atoms. The number of carbonyl (C=O) groups is 3. The zero-order valence-corrected chi connectivity index (χ0v) is 16.0. The summed E-state index contributed by atoms with van der Waals surface area (Å²) in [5, 5.41) is 5.46. The van der Waals surface area contributed by atoms with Gasteiger partial charge in [0.2, 0.25) is 5.91 Å². The van der Waals surface area contributed by atoms with Gasteiger partial charge in [-0.05, 0) is 37.6 Å². The summed E-state index contributed by atoms with van der Waals surface area (Å²) in [6.45, 7) is 3.17. The molecule has 2 N–H and O–H groups in total. The molecule has 0 radical (unpaired) electrons. The van der Waals surface area contributed by atoms with E-state index in [1.165, 1.54) is 11.8 Å². The highest BCUT2D eigenvalue weighted by Gasteiger charge is 2.46. The maximum absolute atomic E-state index is 12.5. The standard InChI is InChI=1S/C20H21N3O3S/c1-3-20(2)18(25)23(19(26)22-20)13-17(24)21-15-11-7-8-12-16(15)27-14-9-5-4-6-10-14/h4-12H,3,13H2,1-2H3,(H,21,24)(H,22,26)/t20-/m1/s1. The van der Waals surface area contributed by atoms with Crippen molar-refractivity contribution in [2.75, 3.05) is 11.9 Å². The van der Waals surface area contributed by atoms with E-state index in [1.807, 2.05) is 55.5 Å². The molecule has 1 saturated heterocycles. The Balaban J connectivity index is 1.70. The number of benzene rings is 2. The van der Waals surface area contributed by atoms with E-state index in [1.54, 1.807) is 13.0 Å². The first-order chi connectivity index (χ1) is 12.9. The summed E-state index contributed by atoms with van der Waals surface area (Å²) in [6.07, 6.45) is 0.465. The summed E-state index contributed by atoms with van der Waals surface area (Å²) in [5.74, 6) is -0.794. The lowest BCUT2D eigenvalue weighted by atomic mass is 9.99. The van der Waals surface area contributed by atoms with Gasteiger partial charge in [0.1, 0.15) is 12.1 Å². The number of nitrogens with one attached hydrogen (secondary N) is 2. The topological polar surface area (TPSA) is 78.5 Å². The van der Waals surface area contributed by atoms with Crippen LogP contribution in [0, 0.1) is 0 Å². The zero-order valence-electron chi connectivity index (χ0n) is 15.2. The van der Waals surface area contributed by atoms with E-state index in [0.717, 1.165) is 14.7 Å². The maximum Gasteiger partial charge on any atom is 0.325 e. The van der Waals surface area contributed by atoms with Crippen molar-refractivity contribution in [1.82, 2.24) is 10.2 Å². The van der Waals surface area contributed by atoms with Gasteiger partial charge in [-0.2, -0.15) is 0 Å². The molecule has 140 valence electrons. The first kappa shape index (κ1) is 19.0. The van der Waals surface area contributed by atoms with E-state index in [-0.39, 0.29) is 12.5 Å². The third-order valence-electron chi connectivity index (χ3n) is 4.49. The molecule has 0 spiro atoms. The van der Waals surface area contributed by atoms with E-state index in [4.69, 9.17) is 0 Å². The van der Waals surface area contributed by atoms with Crippen LogP contribution in [0.5, 0.6) is 0 Å². The number of rotatable bonds is 6. The molecule has 0 unspecified atom stereocenters. The Morgan fingerprint density at radius 1 is 1.11 bits per heavy atom. The van der Waals surface area contributed by atoms with Gasteiger partial charge in [0.25, 0.3) is 5.91 Å². The second kappa shape index (κ2) is 7.84. The van der Waals surface area contributed by atoms with Crippen LogP contribution in [-0.2, 0) is 9.59 Å². The van der Waals surface area contributed by atoms with Gasteiger partial charge >= 0.3 is 6.03 Å². The molecule has 1 heterocycles. The lowest BCUT2D eigenvalue weighted by Gasteiger charge is -2.19. The van der Waals surface area contributed by atoms with Crippen LogP contribution in [0.15, 0.2) is 64.4 Å². The number of para-hydroxylation sites is 1. The summed E-state index contributed by atoms with van der Waals surface area (Å²) < 4.78 is 0. The third-order valence-corrected chi connectivity index (χ3v) is 5.57. The van der Waals surface area contributed by atoms with Crippen LogP contribution in [0.4, 0.5) is 10.5 Å². The number of anilines is 1. The number of urea groups is 1. The van der Waals surface area contributed by atoms with Gasteiger partial charge in [-0.3, -0.25) is 14.5 Å². The Bertz CT molecular complexity index is 872. The SMILES string of the molecule is CC[C@@]1(C)NC(=O)N(CC(=O)Nc2ccccc2Sc2ccccc2)C1=O. The fourth-order valence-corrected chi connectivity index (χ4v) is 3.66. The Kier molecular flexibility index (Phi) is 5.51. The summed E-state index contributed by atoms with van der Waals surface area (Å²) in [4.78, 5) is 39.9. The van der Waals surface area contributed by atoms with Crippen LogP contribution >= 0.6 is 11.8 Å². The Morgan fingerprint density at radius 3 is 2.44 bits per heavy atom. The molecule has 1 aliphatic heterocycles. The van der Waals surface area contributed by atoms with Crippen molar-refractivity contribution < 1.29 is 14.4 Å². The quantitative estimate of drug-likeness (QED) is 0.749. The number of imide groups is 1. The van der Waals surface area contributed by atoms with Gasteiger partial charge in [0, 0.05) is 9.79 Å². The molecule has 1 fully saturated rings. The average molecular weight is 383 g/mol. The van der Waals surface area contributed by atoms with Crippen molar-refractivity contribution in [2.45, 2.75) is 35.6 Å². The predicted molar refractivity (Wildman–Crippen MR) is 105 cm³/mol. The van der Waals surface area contributed by atoms with Gasteiger partial charge in [-0.1, -0.05) is 49.0 Å². The van der Waals surface area contributed by atoms with Gasteiger partial charge < -0.3 is 10.6 Å². The molecule has 7 heteroatoms. The van der Waals surface area contributed by atoms with Crippen molar-refractivity contribution >= 4 is 35.3 Å². The van der Waals surface area contributed by atoms with E-state index in [9.17, 15) is 14.4 Å². The Hall–Kier alpha value is -2.80. The predicted octanol–water partition coefficient (Wildman–Crippen LogP) is 3.50. The molecule has 4 amide bonds. The number of hydrogen-bond acceptors (Lipinski definition) is 4. The van der Waals surface area contributed by atoms with Crippen molar-refractivity contribution in [3.8, 4) is 0 Å². The molecule has 0 bridgehead atoms. The smallest absolute Gasteiger partial charge is 0.323 e. The van der Waals surface area contributed by atoms with Crippen molar-refractivity contribution in [1.29, 1.82) is 0 Å². The van der Waals surface area contributed by atoms with Gasteiger partial charge in [0.15, 0.2) is 0 Å². The highest BCUT2D eigenvalue weighted by Crippen LogP contribution is 2.33. The molecule has 0 aliphatic carbocycles. The first-order valence-electron chi connectivity index (χ1n) is 8.69. The summed E-state index contributed by atoms with van der Waals surface area (Å²) >= 11 is 1.53. The number of nitrogens with zero attached hydrogens (tertiary/aromatic N) is 1. The minimum Gasteiger partial charge on any atom is -0.323 e. The van der Waals surface area contributed by atoms with E-state index in [0.29, 0.717) is 12.1 Å². The summed E-state index contributed by atoms with van der Waals surface area (Å²) in [5.41, 5.74) is -0.306. The van der Waals surface area contributed by atoms with E-state index < -0.39 is 17.5 Å². The normalized spacial score (nSPS) is 19.1. The van der Waals surface area contributed by atoms with E-state index >= 15 is 0 Å². The van der Waals surface area contributed by atoms with Crippen LogP contribution < -0.4 is 10.6 Å². The maximum atomic E-state index is 12.5. The molecular formula is C20H21N3O3S. The van der Waals surface area contributed by atoms with Gasteiger partial charge in [0.05, 0.1) is 5.69 Å². The van der Waals surface area contributed by atoms with Crippen molar-refractivity contribution in [3.63, 3.8) is 0 Å². The fourth-order valence-electron chi connectivity index (χ4n) is 2.74. The molecule has 1 aliphatic rings. The second-order valence-corrected chi connectivity index (χ2v) is 7.58. The highest BCUT2D eigenvalue weighted by atomic mass is 32.2. The monoisotopic (exact) mass is 383 g/mol. The highest BCUT2D eigenvalue weighted by molar-refractivity contribution is 7.99. The lowest BCUT2D eigenvalue weighted by molar-refractivity contribution is -0.133. The molecule has 2 aromatic carbocycles. The molecule has 0 aromatic heterocycles. The van der Waals surface area contributed by atoms with Crippen LogP contribution in [-0.4, -0.2) is 34.8 Å². The number of amides is 4. The van der Waals surface area contributed by atoms with Crippen molar-refractivity contribution in [2.24, 2.45) is 0 Å². The molecule has 0 saturated carbocycles. The summed E-state index contributed by atoms with van der Waals surface area (Å²) in [6, 6.07) is 16.7. The molecule has 1 atom stereocenters. The van der Waals surface area contributed by atoms with Crippen LogP contribution in [0.2, 0.25) is 0 Å². The average Bonchev–Trinajstić information content (AvgIpc) is 2.88. The fraction of sp³-hybridized carbons (Fsp3) is 0.250. The molecule has 6 nitrogen and oxygen atoms in total. The number of hydrogen-bond donors (Lipinski definition) is 2. The first-order valence-corrected chi connectivity index (χ1v) is 9.50. The Morgan fingerprint density at radius 2 is 1.78 bits per heavy atom. The van der Waals surface area contributed by atoms with E-state index in [2.05, 4.69) is 10.6 Å². The van der Waals surface area contributed by atoms with Crippen LogP contribution in [0.1, 0.15) is 20.3 Å². The lowest BCUT2D eigenvalue weighted by Crippen LogP contribution is -2.44. The molecule has 2 aromatic rings. The zero-order chi connectivity index (χ0) is 19.4. The van der Waals surface area contributed by atoms with Gasteiger partial charge in [-0.15, -0.1) is 0 Å². The Labute approximate surface area is 162 Å². The second-order valence-electron chi connectivity index (χ2n) is 6.47. The molecular weight excluding hydrogens is 362 g/mol. The van der Waals surface area contributed by atoms with Crippen LogP contribution in [0.25, 0.3) is 0 Å². The largest absolute Gasteiger partial charge is 0.325 e. The minimum absolute atomic E-state index is 0.315. The third kappa shape index (κ3) is 4.14. The number of carbonyl (C=O) groups excluding carboxylic acids is 3. The van der Waals surface area contributed by atoms with Crippen LogP contribution in [0.3, 0.4) is 0 Å². The van der Waals surface area contributed by atoms with Crippen molar-refractivity contribution in [3.05, 3.63) is 54.6 Å². The van der Waals surface area contributed by atoms with Gasteiger partial charge in [-0.25, -0.2) is 4.79 Å².